The van der Waals surface area contributed by atoms with Gasteiger partial charge < -0.3 is 25.8 Å². The van der Waals surface area contributed by atoms with Gasteiger partial charge in [-0.2, -0.15) is 0 Å². The lowest BCUT2D eigenvalue weighted by Gasteiger charge is -2.51. The van der Waals surface area contributed by atoms with Crippen LogP contribution in [-0.4, -0.2) is 74.8 Å². The second kappa shape index (κ2) is 30.2. The van der Waals surface area contributed by atoms with E-state index in [2.05, 4.69) is 13.8 Å². The third kappa shape index (κ3) is 20.0. The highest BCUT2D eigenvalue weighted by molar-refractivity contribution is 5.84. The number of hydrogen-bond donors (Lipinski definition) is 5. The highest BCUT2D eigenvalue weighted by Crippen LogP contribution is 2.32. The van der Waals surface area contributed by atoms with Gasteiger partial charge >= 0.3 is 0 Å². The number of nitrogens with zero attached hydrogens (tertiary/aromatic N) is 1. The number of ketones is 1. The number of hydrogen-bond acceptors (Lipinski definition) is 8. The zero-order chi connectivity index (χ0) is 38.6. The van der Waals surface area contributed by atoms with Crippen molar-refractivity contribution in [2.75, 3.05) is 6.54 Å². The Labute approximate surface area is 319 Å². The van der Waals surface area contributed by atoms with Crippen LogP contribution in [0.3, 0.4) is 0 Å². The fourth-order valence-corrected chi connectivity index (χ4v) is 7.51. The van der Waals surface area contributed by atoms with Gasteiger partial charge in [-0.3, -0.25) is 20.2 Å². The number of Topliss-reactive ketones (excluding diaryl/α,β-unsaturated/α-hetero) is 1. The Balaban J connectivity index is 2.65. The summed E-state index contributed by atoms with van der Waals surface area (Å²) in [5.41, 5.74) is 12.8. The average molecular weight is 740 g/mol. The van der Waals surface area contributed by atoms with E-state index < -0.39 is 36.3 Å². The maximum absolute atomic E-state index is 13.8. The number of carbonyl (C=O) groups is 2. The van der Waals surface area contributed by atoms with E-state index >= 15 is 0 Å². The molecule has 0 saturated carbocycles. The van der Waals surface area contributed by atoms with Gasteiger partial charge in [-0.25, -0.2) is 0 Å². The monoisotopic (exact) mass is 740 g/mol. The zero-order valence-corrected chi connectivity index (χ0v) is 34.3. The summed E-state index contributed by atoms with van der Waals surface area (Å²) in [6.45, 7) is 8.43. The van der Waals surface area contributed by atoms with Gasteiger partial charge in [0.25, 0.3) is 0 Å². The summed E-state index contributed by atoms with van der Waals surface area (Å²) in [7, 11) is 0. The molecule has 1 aliphatic rings. The van der Waals surface area contributed by atoms with Gasteiger partial charge in [0.05, 0.1) is 12.1 Å². The van der Waals surface area contributed by atoms with Crippen LogP contribution in [0.2, 0.25) is 0 Å². The van der Waals surface area contributed by atoms with Crippen molar-refractivity contribution < 1.29 is 29.6 Å². The molecule has 52 heavy (non-hydrogen) atoms. The molecule has 6 atom stereocenters. The Kier molecular flexibility index (Phi) is 28.4. The predicted molar refractivity (Wildman–Crippen MR) is 215 cm³/mol. The van der Waals surface area contributed by atoms with E-state index in [0.29, 0.717) is 12.8 Å². The van der Waals surface area contributed by atoms with E-state index in [1.807, 2.05) is 13.8 Å². The minimum atomic E-state index is -2.07. The fraction of sp³-hybridized carbons (Fsp3) is 0.953. The number of ether oxygens (including phenoxy) is 1. The fourth-order valence-electron chi connectivity index (χ4n) is 7.51. The van der Waals surface area contributed by atoms with E-state index in [1.54, 1.807) is 0 Å². The molecule has 1 heterocycles. The summed E-state index contributed by atoms with van der Waals surface area (Å²) in [4.78, 5) is 28.1. The number of nitrogens with two attached hydrogens (primary N) is 2. The van der Waals surface area contributed by atoms with Crippen molar-refractivity contribution in [2.24, 2.45) is 17.4 Å². The molecule has 0 unspecified atom stereocenters. The van der Waals surface area contributed by atoms with Crippen molar-refractivity contribution in [3.63, 3.8) is 0 Å². The Hall–Kier alpha value is -1.10. The standard InChI is InChI=1S/C43H85N3O6/c1-5-7-9-11-13-15-17-19-20-21-22-24-26-28-30-32-38(48)46(33-31-29-27-25-23-18-16-14-12-10-8-6-2)43(45)42(51)41(50)40(49)37(52-43)34-36(47)39(44)35(3)4/h35,37,39-42,49-51H,5-34,44-45H2,1-4H3/t37-,39+,40-,41+,42-,43+/m1/s1. The topological polar surface area (TPSA) is 159 Å². The highest BCUT2D eigenvalue weighted by atomic mass is 16.6. The minimum absolute atomic E-state index is 0.120. The second-order valence-electron chi connectivity index (χ2n) is 16.4. The molecule has 1 amide bonds. The summed E-state index contributed by atoms with van der Waals surface area (Å²) in [5.74, 6) is -2.77. The molecule has 9 heteroatoms. The van der Waals surface area contributed by atoms with Gasteiger partial charge in [0.15, 0.2) is 5.78 Å². The smallest absolute Gasteiger partial charge is 0.227 e. The normalized spacial score (nSPS) is 22.6. The molecule has 1 rings (SSSR count). The van der Waals surface area contributed by atoms with Crippen LogP contribution in [0, 0.1) is 5.92 Å². The molecule has 1 aliphatic heterocycles. The first-order valence-corrected chi connectivity index (χ1v) is 22.1. The second-order valence-corrected chi connectivity index (χ2v) is 16.4. The maximum Gasteiger partial charge on any atom is 0.227 e. The molecule has 0 bridgehead atoms. The number of unbranched alkanes of at least 4 members (excludes halogenated alkanes) is 25. The van der Waals surface area contributed by atoms with Gasteiger partial charge in [-0.15, -0.1) is 0 Å². The van der Waals surface area contributed by atoms with Gasteiger partial charge in [0, 0.05) is 19.4 Å². The molecular weight excluding hydrogens is 654 g/mol. The molecule has 7 N–H and O–H groups in total. The molecular formula is C43H85N3O6. The van der Waals surface area contributed by atoms with Crippen molar-refractivity contribution in [1.29, 1.82) is 0 Å². The van der Waals surface area contributed by atoms with Gasteiger partial charge in [0.1, 0.15) is 18.3 Å². The van der Waals surface area contributed by atoms with Crippen LogP contribution < -0.4 is 11.5 Å². The lowest BCUT2D eigenvalue weighted by molar-refractivity contribution is -0.309. The first-order chi connectivity index (χ1) is 25.0. The third-order valence-corrected chi connectivity index (χ3v) is 11.3. The average Bonchev–Trinajstić information content (AvgIpc) is 3.12. The number of amides is 1. The summed E-state index contributed by atoms with van der Waals surface area (Å²) in [6, 6.07) is -0.768. The van der Waals surface area contributed by atoms with Crippen LogP contribution in [0.1, 0.15) is 214 Å². The summed E-state index contributed by atoms with van der Waals surface area (Å²) in [6.07, 6.45) is 26.4. The Morgan fingerprint density at radius 2 is 0.981 bits per heavy atom. The highest BCUT2D eigenvalue weighted by Gasteiger charge is 2.56. The van der Waals surface area contributed by atoms with Crippen molar-refractivity contribution in [3.05, 3.63) is 0 Å². The molecule has 0 aromatic rings. The quantitative estimate of drug-likeness (QED) is 0.0323. The van der Waals surface area contributed by atoms with Gasteiger partial charge in [-0.05, 0) is 18.8 Å². The van der Waals surface area contributed by atoms with Crippen LogP contribution >= 0.6 is 0 Å². The van der Waals surface area contributed by atoms with Crippen molar-refractivity contribution in [2.45, 2.75) is 250 Å². The van der Waals surface area contributed by atoms with Crippen LogP contribution in [0.4, 0.5) is 0 Å². The lowest BCUT2D eigenvalue weighted by Crippen LogP contribution is -2.76. The first kappa shape index (κ1) is 48.9. The first-order valence-electron chi connectivity index (χ1n) is 22.1. The van der Waals surface area contributed by atoms with Crippen LogP contribution in [-0.2, 0) is 14.3 Å². The number of rotatable bonds is 34. The van der Waals surface area contributed by atoms with Crippen LogP contribution in [0.25, 0.3) is 0 Å². The van der Waals surface area contributed by atoms with Crippen molar-refractivity contribution in [1.82, 2.24) is 4.90 Å². The van der Waals surface area contributed by atoms with Crippen molar-refractivity contribution in [3.8, 4) is 0 Å². The molecule has 1 fully saturated rings. The van der Waals surface area contributed by atoms with E-state index in [-0.39, 0.29) is 37.0 Å². The third-order valence-electron chi connectivity index (χ3n) is 11.3. The summed E-state index contributed by atoms with van der Waals surface area (Å²) in [5, 5.41) is 32.8. The van der Waals surface area contributed by atoms with E-state index in [4.69, 9.17) is 16.2 Å². The SMILES string of the molecule is CCCCCCCCCCCCCCCCCC(=O)N(CCCCCCCCCCCCCC)[C@]1(N)O[C@H](CC(=O)[C@@H](N)C(C)C)[C@@H](O)[C@H](O)[C@H]1O. The molecule has 9 nitrogen and oxygen atoms in total. The molecule has 0 aromatic heterocycles. The molecule has 308 valence electrons. The van der Waals surface area contributed by atoms with Crippen LogP contribution in [0.15, 0.2) is 0 Å². The van der Waals surface area contributed by atoms with E-state index in [9.17, 15) is 24.9 Å². The van der Waals surface area contributed by atoms with E-state index in [1.165, 1.54) is 127 Å². The number of carbonyl (C=O) groups excluding carboxylic acids is 2. The van der Waals surface area contributed by atoms with Crippen molar-refractivity contribution >= 4 is 11.7 Å². The minimum Gasteiger partial charge on any atom is -0.388 e. The molecule has 0 aromatic carbocycles. The number of aliphatic hydroxyl groups is 3. The number of aliphatic hydroxyl groups excluding tert-OH is 3. The predicted octanol–water partition coefficient (Wildman–Crippen LogP) is 8.81. The lowest BCUT2D eigenvalue weighted by atomic mass is 9.89. The molecule has 0 aliphatic carbocycles. The summed E-state index contributed by atoms with van der Waals surface area (Å²) < 4.78 is 6.09. The van der Waals surface area contributed by atoms with Gasteiger partial charge in [0.2, 0.25) is 11.8 Å². The van der Waals surface area contributed by atoms with Gasteiger partial charge in [-0.1, -0.05) is 188 Å². The Bertz CT molecular complexity index is 891. The van der Waals surface area contributed by atoms with Crippen LogP contribution in [0.5, 0.6) is 0 Å². The van der Waals surface area contributed by atoms with E-state index in [0.717, 1.165) is 38.5 Å². The Morgan fingerprint density at radius 1 is 0.615 bits per heavy atom. The summed E-state index contributed by atoms with van der Waals surface area (Å²) >= 11 is 0. The largest absolute Gasteiger partial charge is 0.388 e. The zero-order valence-electron chi connectivity index (χ0n) is 34.3. The molecule has 0 radical (unpaired) electrons. The Morgan fingerprint density at radius 3 is 1.37 bits per heavy atom. The maximum atomic E-state index is 13.8. The molecule has 1 saturated heterocycles. The molecule has 0 spiro atoms.